The van der Waals surface area contributed by atoms with Gasteiger partial charge in [0.25, 0.3) is 0 Å². The van der Waals surface area contributed by atoms with Crippen molar-refractivity contribution in [1.82, 2.24) is 0 Å². The summed E-state index contributed by atoms with van der Waals surface area (Å²) in [5.41, 5.74) is 0. The molecule has 0 spiro atoms. The third-order valence-electron chi connectivity index (χ3n) is 17.4. The van der Waals surface area contributed by atoms with Crippen LogP contribution in [0.25, 0.3) is 0 Å². The molecule has 3 N–H and O–H groups in total. The second-order valence-electron chi connectivity index (χ2n) is 26.6. The minimum Gasteiger partial charge on any atom is -0.462 e. The standard InChI is InChI=1S/C73H142O17P2/c1-6-10-13-16-18-20-22-24-25-26-27-28-29-30-31-32-34-36-38-43-48-53-58-72(77)90-69(63-84-71(76)57-52-47-42-37-35-33-23-21-19-17-14-11-7-2)65-88-92(81,82)86-61-67(74)60-85-91(79,80)87-64-68(62-83-70(75)56-51-45-15-12-8-3)89-73(78)59-54-49-44-40-39-41-46-50-55-66(5)9-4/h66-69,74H,6-65H2,1-5H3,(H,79,80)(H,81,82)/t66?,67-,68+,69+/m0/s1. The lowest BCUT2D eigenvalue weighted by Crippen LogP contribution is -2.30. The van der Waals surface area contributed by atoms with Crippen LogP contribution in [0.15, 0.2) is 0 Å². The number of aliphatic hydroxyl groups is 1. The number of hydrogen-bond donors (Lipinski definition) is 3. The Morgan fingerprint density at radius 3 is 0.772 bits per heavy atom. The number of carbonyl (C=O) groups is 4. The van der Waals surface area contributed by atoms with Crippen LogP contribution in [0, 0.1) is 5.92 Å². The van der Waals surface area contributed by atoms with E-state index in [4.69, 9.17) is 37.0 Å². The molecule has 546 valence electrons. The number of aliphatic hydroxyl groups excluding tert-OH is 1. The van der Waals surface area contributed by atoms with Crippen LogP contribution in [0.4, 0.5) is 0 Å². The van der Waals surface area contributed by atoms with Crippen LogP contribution in [0.2, 0.25) is 0 Å². The highest BCUT2D eigenvalue weighted by Gasteiger charge is 2.30. The van der Waals surface area contributed by atoms with Gasteiger partial charge in [-0.05, 0) is 31.6 Å². The topological polar surface area (TPSA) is 237 Å². The summed E-state index contributed by atoms with van der Waals surface area (Å²) in [4.78, 5) is 72.3. The number of carbonyl (C=O) groups excluding carboxylic acids is 4. The average Bonchev–Trinajstić information content (AvgIpc) is 1.95. The van der Waals surface area contributed by atoms with E-state index in [1.54, 1.807) is 0 Å². The Bertz CT molecular complexity index is 1770. The summed E-state index contributed by atoms with van der Waals surface area (Å²) in [6.07, 6.45) is 54.6. The first-order valence-corrected chi connectivity index (χ1v) is 41.2. The lowest BCUT2D eigenvalue weighted by atomic mass is 9.99. The van der Waals surface area contributed by atoms with Gasteiger partial charge in [0.1, 0.15) is 19.3 Å². The molecule has 0 aromatic heterocycles. The molecule has 0 aromatic carbocycles. The summed E-state index contributed by atoms with van der Waals surface area (Å²) in [7, 11) is -9.89. The predicted molar refractivity (Wildman–Crippen MR) is 372 cm³/mol. The first-order chi connectivity index (χ1) is 44.6. The highest BCUT2D eigenvalue weighted by Crippen LogP contribution is 2.45. The number of esters is 4. The van der Waals surface area contributed by atoms with E-state index >= 15 is 0 Å². The maximum atomic E-state index is 13.1. The van der Waals surface area contributed by atoms with Gasteiger partial charge in [-0.1, -0.05) is 330 Å². The molecule has 0 radical (unpaired) electrons. The third kappa shape index (κ3) is 65.4. The molecule has 6 atom stereocenters. The van der Waals surface area contributed by atoms with Crippen molar-refractivity contribution in [3.8, 4) is 0 Å². The van der Waals surface area contributed by atoms with Gasteiger partial charge in [0.15, 0.2) is 12.2 Å². The van der Waals surface area contributed by atoms with Crippen molar-refractivity contribution >= 4 is 39.5 Å². The number of unbranched alkanes of at least 4 members (excludes halogenated alkanes) is 44. The van der Waals surface area contributed by atoms with Crippen LogP contribution >= 0.6 is 15.6 Å². The Labute approximate surface area is 562 Å². The first-order valence-electron chi connectivity index (χ1n) is 38.2. The normalized spacial score (nSPS) is 14.3. The molecule has 3 unspecified atom stereocenters. The molecule has 0 rings (SSSR count). The van der Waals surface area contributed by atoms with Gasteiger partial charge in [-0.3, -0.25) is 37.3 Å². The van der Waals surface area contributed by atoms with E-state index in [2.05, 4.69) is 34.6 Å². The molecule has 0 fully saturated rings. The van der Waals surface area contributed by atoms with E-state index in [1.165, 1.54) is 199 Å². The molecule has 0 aliphatic carbocycles. The maximum Gasteiger partial charge on any atom is 0.472 e. The van der Waals surface area contributed by atoms with Crippen LogP contribution in [-0.2, 0) is 65.4 Å². The van der Waals surface area contributed by atoms with Gasteiger partial charge in [0.2, 0.25) is 0 Å². The van der Waals surface area contributed by atoms with Crippen LogP contribution in [-0.4, -0.2) is 96.7 Å². The monoisotopic (exact) mass is 1350 g/mol. The molecule has 0 aromatic rings. The van der Waals surface area contributed by atoms with Crippen LogP contribution < -0.4 is 0 Å². The number of ether oxygens (including phenoxy) is 4. The minimum atomic E-state index is -4.95. The molecule has 0 heterocycles. The van der Waals surface area contributed by atoms with Crippen molar-refractivity contribution in [2.45, 2.75) is 400 Å². The van der Waals surface area contributed by atoms with E-state index in [0.717, 1.165) is 102 Å². The minimum absolute atomic E-state index is 0.104. The van der Waals surface area contributed by atoms with Crippen molar-refractivity contribution in [2.75, 3.05) is 39.6 Å². The lowest BCUT2D eigenvalue weighted by Gasteiger charge is -2.21. The molecule has 17 nitrogen and oxygen atoms in total. The van der Waals surface area contributed by atoms with E-state index in [0.29, 0.717) is 25.7 Å². The summed E-state index contributed by atoms with van der Waals surface area (Å²) in [5.74, 6) is -1.36. The van der Waals surface area contributed by atoms with Crippen LogP contribution in [0.5, 0.6) is 0 Å². The third-order valence-corrected chi connectivity index (χ3v) is 19.3. The van der Waals surface area contributed by atoms with Crippen molar-refractivity contribution in [3.05, 3.63) is 0 Å². The summed E-state index contributed by atoms with van der Waals surface area (Å²) in [5, 5.41) is 10.6. The fourth-order valence-electron chi connectivity index (χ4n) is 11.1. The number of hydrogen-bond acceptors (Lipinski definition) is 15. The quantitative estimate of drug-likeness (QED) is 0.0222. The maximum absolute atomic E-state index is 13.1. The zero-order valence-electron chi connectivity index (χ0n) is 59.7. The molecular weight excluding hydrogens is 1210 g/mol. The van der Waals surface area contributed by atoms with Gasteiger partial charge in [-0.25, -0.2) is 9.13 Å². The molecule has 19 heteroatoms. The van der Waals surface area contributed by atoms with Crippen LogP contribution in [0.3, 0.4) is 0 Å². The highest BCUT2D eigenvalue weighted by molar-refractivity contribution is 7.47. The van der Waals surface area contributed by atoms with Gasteiger partial charge in [0.05, 0.1) is 26.4 Å². The summed E-state index contributed by atoms with van der Waals surface area (Å²) >= 11 is 0. The molecule has 0 amide bonds. The van der Waals surface area contributed by atoms with Gasteiger partial charge >= 0.3 is 39.5 Å². The highest BCUT2D eigenvalue weighted by atomic mass is 31.2. The first kappa shape index (κ1) is 90.1. The second-order valence-corrected chi connectivity index (χ2v) is 29.5. The van der Waals surface area contributed by atoms with Crippen molar-refractivity contribution in [1.29, 1.82) is 0 Å². The van der Waals surface area contributed by atoms with Gasteiger partial charge in [0, 0.05) is 25.7 Å². The Balaban J connectivity index is 5.10. The van der Waals surface area contributed by atoms with Gasteiger partial charge in [-0.15, -0.1) is 0 Å². The molecule has 0 saturated heterocycles. The molecule has 0 bridgehead atoms. The Morgan fingerprint density at radius 1 is 0.304 bits per heavy atom. The molecule has 92 heavy (non-hydrogen) atoms. The summed E-state index contributed by atoms with van der Waals surface area (Å²) < 4.78 is 68.2. The van der Waals surface area contributed by atoms with Crippen molar-refractivity contribution in [2.24, 2.45) is 5.92 Å². The predicted octanol–water partition coefficient (Wildman–Crippen LogP) is 21.3. The largest absolute Gasteiger partial charge is 0.472 e. The SMILES string of the molecule is CCCCCCCCCCCCCCCCCCCCCCCCC(=O)O[C@H](COC(=O)CCCCCCCCCCCCCCC)COP(=O)(O)OC[C@@H](O)COP(=O)(O)OC[C@@H](COC(=O)CCCCCCC)OC(=O)CCCCCCCCCCC(C)CC. The number of rotatable bonds is 73. The van der Waals surface area contributed by atoms with E-state index < -0.39 is 97.5 Å². The molecule has 0 aliphatic rings. The molecular formula is C73H142O17P2. The van der Waals surface area contributed by atoms with E-state index in [1.807, 2.05) is 0 Å². The zero-order valence-corrected chi connectivity index (χ0v) is 61.5. The molecule has 0 aliphatic heterocycles. The smallest absolute Gasteiger partial charge is 0.462 e. The summed E-state index contributed by atoms with van der Waals surface area (Å²) in [6.45, 7) is 7.17. The van der Waals surface area contributed by atoms with Gasteiger partial charge < -0.3 is 33.8 Å². The fraction of sp³-hybridized carbons (Fsp3) is 0.945. The van der Waals surface area contributed by atoms with Crippen molar-refractivity contribution in [3.63, 3.8) is 0 Å². The Hall–Kier alpha value is -1.94. The zero-order chi connectivity index (χ0) is 67.7. The van der Waals surface area contributed by atoms with E-state index in [-0.39, 0.29) is 25.7 Å². The number of phosphoric ester groups is 2. The van der Waals surface area contributed by atoms with Crippen molar-refractivity contribution < 1.29 is 80.2 Å². The van der Waals surface area contributed by atoms with Crippen LogP contribution in [0.1, 0.15) is 381 Å². The summed E-state index contributed by atoms with van der Waals surface area (Å²) in [6, 6.07) is 0. The van der Waals surface area contributed by atoms with E-state index in [9.17, 15) is 43.2 Å². The Morgan fingerprint density at radius 2 is 0.522 bits per heavy atom. The fourth-order valence-corrected chi connectivity index (χ4v) is 12.7. The lowest BCUT2D eigenvalue weighted by molar-refractivity contribution is -0.161. The second kappa shape index (κ2) is 66.3. The van der Waals surface area contributed by atoms with Gasteiger partial charge in [-0.2, -0.15) is 0 Å². The number of phosphoric acid groups is 2. The average molecular weight is 1350 g/mol. The Kier molecular flexibility index (Phi) is 64.9. The molecule has 0 saturated carbocycles.